The van der Waals surface area contributed by atoms with E-state index in [9.17, 15) is 0 Å². The number of halogens is 1. The van der Waals surface area contributed by atoms with Gasteiger partial charge in [0.25, 0.3) is 0 Å². The monoisotopic (exact) mass is 370 g/mol. The fourth-order valence-electron chi connectivity index (χ4n) is 3.30. The predicted molar refractivity (Wildman–Crippen MR) is 104 cm³/mol. The number of aromatic nitrogens is 4. The molecule has 0 spiro atoms. The second kappa shape index (κ2) is 7.70. The third-order valence-corrected chi connectivity index (χ3v) is 5.14. The van der Waals surface area contributed by atoms with Crippen molar-refractivity contribution in [2.45, 2.75) is 13.0 Å². The first kappa shape index (κ1) is 17.4. The lowest BCUT2D eigenvalue weighted by atomic mass is 10.1. The van der Waals surface area contributed by atoms with Crippen LogP contribution in [0.25, 0.3) is 22.2 Å². The molecule has 4 rings (SSSR count). The number of rotatable bonds is 5. The molecule has 0 radical (unpaired) electrons. The van der Waals surface area contributed by atoms with Gasteiger partial charge < -0.3 is 9.80 Å². The highest BCUT2D eigenvalue weighted by Gasteiger charge is 2.13. The fourth-order valence-corrected chi connectivity index (χ4v) is 3.46. The maximum absolute atomic E-state index is 5.99. The van der Waals surface area contributed by atoms with Gasteiger partial charge >= 0.3 is 0 Å². The number of piperazine rings is 1. The molecule has 0 aliphatic carbocycles. The molecule has 26 heavy (non-hydrogen) atoms. The van der Waals surface area contributed by atoms with Gasteiger partial charge in [-0.1, -0.05) is 11.6 Å². The quantitative estimate of drug-likeness (QED) is 0.646. The van der Waals surface area contributed by atoms with E-state index in [2.05, 4.69) is 38.1 Å². The minimum absolute atomic E-state index is 0.482. The van der Waals surface area contributed by atoms with Crippen molar-refractivity contribution in [3.8, 4) is 11.1 Å². The SMILES string of the molecule is CN1CCN(CCCn2cc(-c3cnc4ccc(Cl)nc4c3)cn2)CC1. The third kappa shape index (κ3) is 4.03. The van der Waals surface area contributed by atoms with E-state index in [4.69, 9.17) is 11.6 Å². The molecule has 0 saturated carbocycles. The van der Waals surface area contributed by atoms with Crippen LogP contribution in [0.1, 0.15) is 6.42 Å². The van der Waals surface area contributed by atoms with E-state index in [1.165, 1.54) is 26.2 Å². The molecule has 1 fully saturated rings. The number of fused-ring (bicyclic) bond motifs is 1. The standard InChI is InChI=1S/C19H23ClN6/c1-24-7-9-25(10-8-24)5-2-6-26-14-16(13-22-26)15-11-18-17(21-12-15)3-4-19(20)23-18/h3-4,11-14H,2,5-10H2,1H3. The first-order valence-corrected chi connectivity index (χ1v) is 9.41. The molecular weight excluding hydrogens is 348 g/mol. The Balaban J connectivity index is 1.38. The highest BCUT2D eigenvalue weighted by Crippen LogP contribution is 2.22. The van der Waals surface area contributed by atoms with E-state index in [0.717, 1.165) is 41.7 Å². The third-order valence-electron chi connectivity index (χ3n) is 4.93. The zero-order valence-corrected chi connectivity index (χ0v) is 15.7. The maximum atomic E-state index is 5.99. The van der Waals surface area contributed by atoms with Crippen LogP contribution in [0.3, 0.4) is 0 Å². The topological polar surface area (TPSA) is 50.1 Å². The zero-order valence-electron chi connectivity index (χ0n) is 15.0. The van der Waals surface area contributed by atoms with Crippen LogP contribution in [0.4, 0.5) is 0 Å². The summed E-state index contributed by atoms with van der Waals surface area (Å²) in [4.78, 5) is 13.7. The van der Waals surface area contributed by atoms with Gasteiger partial charge in [-0.05, 0) is 38.2 Å². The van der Waals surface area contributed by atoms with Crippen molar-refractivity contribution in [2.24, 2.45) is 0 Å². The molecule has 7 heteroatoms. The Labute approximate surface area is 158 Å². The lowest BCUT2D eigenvalue weighted by molar-refractivity contribution is 0.151. The Bertz CT molecular complexity index is 885. The van der Waals surface area contributed by atoms with Gasteiger partial charge in [0.15, 0.2) is 0 Å². The molecule has 6 nitrogen and oxygen atoms in total. The number of pyridine rings is 2. The molecule has 0 atom stereocenters. The predicted octanol–water partition coefficient (Wildman–Crippen LogP) is 2.78. The number of hydrogen-bond donors (Lipinski definition) is 0. The zero-order chi connectivity index (χ0) is 17.9. The summed E-state index contributed by atoms with van der Waals surface area (Å²) in [5.74, 6) is 0. The summed E-state index contributed by atoms with van der Waals surface area (Å²) in [6.45, 7) is 6.72. The first-order valence-electron chi connectivity index (χ1n) is 9.03. The summed E-state index contributed by atoms with van der Waals surface area (Å²) in [5, 5.41) is 4.98. The average Bonchev–Trinajstić information content (AvgIpc) is 3.12. The molecule has 0 amide bonds. The van der Waals surface area contributed by atoms with Gasteiger partial charge in [-0.3, -0.25) is 9.67 Å². The number of nitrogens with zero attached hydrogens (tertiary/aromatic N) is 6. The van der Waals surface area contributed by atoms with E-state index in [-0.39, 0.29) is 0 Å². The van der Waals surface area contributed by atoms with Crippen LogP contribution >= 0.6 is 11.6 Å². The van der Waals surface area contributed by atoms with Gasteiger partial charge in [0.2, 0.25) is 0 Å². The summed E-state index contributed by atoms with van der Waals surface area (Å²) < 4.78 is 2.01. The smallest absolute Gasteiger partial charge is 0.129 e. The minimum Gasteiger partial charge on any atom is -0.304 e. The van der Waals surface area contributed by atoms with E-state index in [1.54, 1.807) is 6.07 Å². The normalized spacial score (nSPS) is 16.4. The Morgan fingerprint density at radius 1 is 1.00 bits per heavy atom. The Morgan fingerprint density at radius 2 is 1.85 bits per heavy atom. The van der Waals surface area contributed by atoms with Crippen LogP contribution in [0, 0.1) is 0 Å². The molecule has 1 aliphatic rings. The number of aryl methyl sites for hydroxylation is 1. The minimum atomic E-state index is 0.482. The Hall–Kier alpha value is -2.02. The van der Waals surface area contributed by atoms with E-state index < -0.39 is 0 Å². The molecule has 3 aromatic heterocycles. The summed E-state index contributed by atoms with van der Waals surface area (Å²) in [6, 6.07) is 5.66. The van der Waals surface area contributed by atoms with Crippen molar-refractivity contribution >= 4 is 22.6 Å². The fraction of sp³-hybridized carbons (Fsp3) is 0.421. The van der Waals surface area contributed by atoms with Crippen LogP contribution in [0.2, 0.25) is 5.15 Å². The molecule has 3 aromatic rings. The van der Waals surface area contributed by atoms with Gasteiger partial charge in [0.05, 0.1) is 17.2 Å². The highest BCUT2D eigenvalue weighted by atomic mass is 35.5. The van der Waals surface area contributed by atoms with E-state index in [0.29, 0.717) is 5.15 Å². The van der Waals surface area contributed by atoms with Crippen molar-refractivity contribution in [1.29, 1.82) is 0 Å². The van der Waals surface area contributed by atoms with E-state index >= 15 is 0 Å². The van der Waals surface area contributed by atoms with Gasteiger partial charge in [-0.15, -0.1) is 0 Å². The van der Waals surface area contributed by atoms with Gasteiger partial charge in [-0.25, -0.2) is 4.98 Å². The first-order chi connectivity index (χ1) is 12.7. The molecule has 0 aromatic carbocycles. The van der Waals surface area contributed by atoms with Crippen molar-refractivity contribution in [3.63, 3.8) is 0 Å². The van der Waals surface area contributed by atoms with Gasteiger partial charge in [-0.2, -0.15) is 5.10 Å². The molecule has 1 aliphatic heterocycles. The Kier molecular flexibility index (Phi) is 5.15. The summed E-state index contributed by atoms with van der Waals surface area (Å²) >= 11 is 5.99. The van der Waals surface area contributed by atoms with Crippen molar-refractivity contribution in [3.05, 3.63) is 41.9 Å². The van der Waals surface area contributed by atoms with Crippen molar-refractivity contribution < 1.29 is 0 Å². The number of hydrogen-bond acceptors (Lipinski definition) is 5. The summed E-state index contributed by atoms with van der Waals surface area (Å²) in [6.07, 6.45) is 6.95. The van der Waals surface area contributed by atoms with E-state index in [1.807, 2.05) is 29.2 Å². The highest BCUT2D eigenvalue weighted by molar-refractivity contribution is 6.29. The average molecular weight is 371 g/mol. The van der Waals surface area contributed by atoms with Crippen LogP contribution in [-0.4, -0.2) is 69.3 Å². The second-order valence-corrected chi connectivity index (χ2v) is 7.27. The van der Waals surface area contributed by atoms with Crippen molar-refractivity contribution in [1.82, 2.24) is 29.5 Å². The maximum Gasteiger partial charge on any atom is 0.129 e. The summed E-state index contributed by atoms with van der Waals surface area (Å²) in [5.41, 5.74) is 3.72. The lowest BCUT2D eigenvalue weighted by Crippen LogP contribution is -2.44. The van der Waals surface area contributed by atoms with Crippen LogP contribution in [0.15, 0.2) is 36.8 Å². The number of likely N-dealkylation sites (N-methyl/N-ethyl adjacent to an activating group) is 1. The molecule has 0 unspecified atom stereocenters. The lowest BCUT2D eigenvalue weighted by Gasteiger charge is -2.32. The van der Waals surface area contributed by atoms with Crippen molar-refractivity contribution in [2.75, 3.05) is 39.8 Å². The molecular formula is C19H23ClN6. The molecule has 136 valence electrons. The van der Waals surface area contributed by atoms with Crippen LogP contribution in [-0.2, 0) is 6.54 Å². The van der Waals surface area contributed by atoms with Gasteiger partial charge in [0.1, 0.15) is 5.15 Å². The Morgan fingerprint density at radius 3 is 2.69 bits per heavy atom. The van der Waals surface area contributed by atoms with Gasteiger partial charge in [0, 0.05) is 56.2 Å². The van der Waals surface area contributed by atoms with Crippen LogP contribution < -0.4 is 0 Å². The molecule has 0 bridgehead atoms. The summed E-state index contributed by atoms with van der Waals surface area (Å²) in [7, 11) is 2.19. The second-order valence-electron chi connectivity index (χ2n) is 6.89. The van der Waals surface area contributed by atoms with Crippen LogP contribution in [0.5, 0.6) is 0 Å². The molecule has 0 N–H and O–H groups in total. The molecule has 1 saturated heterocycles. The largest absolute Gasteiger partial charge is 0.304 e. The molecule has 4 heterocycles.